The highest BCUT2D eigenvalue weighted by molar-refractivity contribution is 5.60. The molecular weight excluding hydrogens is 286 g/mol. The van der Waals surface area contributed by atoms with Crippen molar-refractivity contribution in [3.63, 3.8) is 0 Å². The molecule has 0 fully saturated rings. The van der Waals surface area contributed by atoms with Gasteiger partial charge in [0, 0.05) is 37.1 Å². The van der Waals surface area contributed by atoms with E-state index in [9.17, 15) is 0 Å². The summed E-state index contributed by atoms with van der Waals surface area (Å²) in [6, 6.07) is 10.4. The minimum absolute atomic E-state index is 0.531. The number of aromatic nitrogens is 1. The Hall–Kier alpha value is -2.23. The van der Waals surface area contributed by atoms with Crippen molar-refractivity contribution in [2.75, 3.05) is 30.3 Å². The van der Waals surface area contributed by atoms with Gasteiger partial charge in [-0.15, -0.1) is 0 Å². The summed E-state index contributed by atoms with van der Waals surface area (Å²) < 4.78 is 5.84. The molecule has 4 heteroatoms. The second-order valence-electron chi connectivity index (χ2n) is 5.99. The van der Waals surface area contributed by atoms with E-state index in [0.29, 0.717) is 5.92 Å². The molecule has 0 aliphatic carbocycles. The lowest BCUT2D eigenvalue weighted by Crippen LogP contribution is -2.09. The van der Waals surface area contributed by atoms with Crippen LogP contribution in [0, 0.1) is 0 Å². The molecule has 1 unspecified atom stereocenters. The highest BCUT2D eigenvalue weighted by Gasteiger charge is 2.22. The number of unbranched alkanes of at least 4 members (excludes halogenated alkanes) is 1. The fourth-order valence-electron chi connectivity index (χ4n) is 2.92. The van der Waals surface area contributed by atoms with Crippen LogP contribution >= 0.6 is 0 Å². The zero-order valence-electron chi connectivity index (χ0n) is 13.7. The zero-order chi connectivity index (χ0) is 15.9. The lowest BCUT2D eigenvalue weighted by molar-refractivity contribution is 0.309. The molecule has 0 spiro atoms. The fraction of sp³-hybridized carbons (Fsp3) is 0.421. The maximum Gasteiger partial charge on any atom is 0.119 e. The Bertz CT molecular complexity index is 615. The van der Waals surface area contributed by atoms with Crippen molar-refractivity contribution >= 4 is 11.4 Å². The molecular formula is C19H25N3O. The van der Waals surface area contributed by atoms with Crippen LogP contribution in [0.25, 0.3) is 0 Å². The molecule has 1 aliphatic heterocycles. The lowest BCUT2D eigenvalue weighted by atomic mass is 9.97. The van der Waals surface area contributed by atoms with E-state index < -0.39 is 0 Å². The van der Waals surface area contributed by atoms with Crippen molar-refractivity contribution in [2.45, 2.75) is 32.1 Å². The fourth-order valence-corrected chi connectivity index (χ4v) is 2.92. The zero-order valence-corrected chi connectivity index (χ0v) is 13.7. The summed E-state index contributed by atoms with van der Waals surface area (Å²) in [7, 11) is 0. The van der Waals surface area contributed by atoms with E-state index in [4.69, 9.17) is 4.74 Å². The van der Waals surface area contributed by atoms with E-state index in [0.717, 1.165) is 50.4 Å². The molecule has 1 aliphatic rings. The quantitative estimate of drug-likeness (QED) is 0.715. The first-order valence-corrected chi connectivity index (χ1v) is 8.51. The molecule has 1 atom stereocenters. The van der Waals surface area contributed by atoms with Crippen LogP contribution in [0.1, 0.15) is 37.7 Å². The van der Waals surface area contributed by atoms with Crippen molar-refractivity contribution in [1.82, 2.24) is 4.98 Å². The molecule has 0 saturated carbocycles. The van der Waals surface area contributed by atoms with Crippen molar-refractivity contribution in [3.05, 3.63) is 48.3 Å². The molecule has 4 nitrogen and oxygen atoms in total. The van der Waals surface area contributed by atoms with Gasteiger partial charge in [0.1, 0.15) is 5.75 Å². The number of anilines is 2. The molecule has 0 radical (unpaired) electrons. The van der Waals surface area contributed by atoms with E-state index >= 15 is 0 Å². The van der Waals surface area contributed by atoms with Gasteiger partial charge in [0.25, 0.3) is 0 Å². The number of benzene rings is 1. The normalized spacial score (nSPS) is 15.8. The Balaban J connectivity index is 1.55. The summed E-state index contributed by atoms with van der Waals surface area (Å²) in [5, 5.41) is 6.94. The van der Waals surface area contributed by atoms with Gasteiger partial charge < -0.3 is 15.4 Å². The topological polar surface area (TPSA) is 46.2 Å². The van der Waals surface area contributed by atoms with Crippen LogP contribution in [-0.2, 0) is 0 Å². The van der Waals surface area contributed by atoms with Crippen LogP contribution in [-0.4, -0.2) is 24.7 Å². The first-order chi connectivity index (χ1) is 11.4. The van der Waals surface area contributed by atoms with Crippen LogP contribution in [0.5, 0.6) is 5.75 Å². The Morgan fingerprint density at radius 2 is 2.30 bits per heavy atom. The van der Waals surface area contributed by atoms with Crippen LogP contribution in [0.15, 0.2) is 42.7 Å². The van der Waals surface area contributed by atoms with E-state index in [1.165, 1.54) is 11.3 Å². The van der Waals surface area contributed by atoms with Crippen LogP contribution in [0.4, 0.5) is 11.4 Å². The number of fused-ring (bicyclic) bond motifs is 1. The lowest BCUT2D eigenvalue weighted by Gasteiger charge is -2.13. The number of nitrogens with zero attached hydrogens (tertiary/aromatic N) is 1. The van der Waals surface area contributed by atoms with Crippen molar-refractivity contribution in [1.29, 1.82) is 0 Å². The number of nitrogens with one attached hydrogen (secondary N) is 2. The number of hydrogen-bond donors (Lipinski definition) is 2. The largest absolute Gasteiger partial charge is 0.494 e. The van der Waals surface area contributed by atoms with Gasteiger partial charge in [0.05, 0.1) is 12.3 Å². The monoisotopic (exact) mass is 311 g/mol. The molecule has 1 aromatic carbocycles. The molecule has 2 aromatic rings. The summed E-state index contributed by atoms with van der Waals surface area (Å²) in [6.07, 6.45) is 7.01. The van der Waals surface area contributed by atoms with E-state index in [1.807, 2.05) is 18.3 Å². The maximum atomic E-state index is 5.84. The predicted octanol–water partition coefficient (Wildman–Crippen LogP) is 4.27. The van der Waals surface area contributed by atoms with Gasteiger partial charge in [-0.25, -0.2) is 0 Å². The Morgan fingerprint density at radius 1 is 1.35 bits per heavy atom. The van der Waals surface area contributed by atoms with Gasteiger partial charge in [-0.3, -0.25) is 4.98 Å². The first kappa shape index (κ1) is 15.7. The highest BCUT2D eigenvalue weighted by atomic mass is 16.5. The van der Waals surface area contributed by atoms with Crippen molar-refractivity contribution in [3.8, 4) is 5.75 Å². The van der Waals surface area contributed by atoms with Crippen molar-refractivity contribution < 1.29 is 4.74 Å². The number of hydrogen-bond acceptors (Lipinski definition) is 4. The van der Waals surface area contributed by atoms with Crippen molar-refractivity contribution in [2.24, 2.45) is 0 Å². The van der Waals surface area contributed by atoms with Crippen LogP contribution in [0.3, 0.4) is 0 Å². The maximum absolute atomic E-state index is 5.84. The number of ether oxygens (including phenoxy) is 1. The summed E-state index contributed by atoms with van der Waals surface area (Å²) in [5.41, 5.74) is 3.71. The SMILES string of the molecule is CCCCOc1ccc2c(c1)C(CCNc1cccnc1)CN2. The third-order valence-corrected chi connectivity index (χ3v) is 4.25. The summed E-state index contributed by atoms with van der Waals surface area (Å²) in [5.74, 6) is 1.52. The third-order valence-electron chi connectivity index (χ3n) is 4.25. The Morgan fingerprint density at radius 3 is 3.13 bits per heavy atom. The van der Waals surface area contributed by atoms with Gasteiger partial charge in [0.15, 0.2) is 0 Å². The van der Waals surface area contributed by atoms with Crippen LogP contribution < -0.4 is 15.4 Å². The predicted molar refractivity (Wildman–Crippen MR) is 95.4 cm³/mol. The summed E-state index contributed by atoms with van der Waals surface area (Å²) >= 11 is 0. The molecule has 0 saturated heterocycles. The van der Waals surface area contributed by atoms with Gasteiger partial charge in [-0.1, -0.05) is 13.3 Å². The molecule has 1 aromatic heterocycles. The average molecular weight is 311 g/mol. The summed E-state index contributed by atoms with van der Waals surface area (Å²) in [6.45, 7) is 4.93. The first-order valence-electron chi connectivity index (χ1n) is 8.51. The molecule has 122 valence electrons. The van der Waals surface area contributed by atoms with Crippen LogP contribution in [0.2, 0.25) is 0 Å². The third kappa shape index (κ3) is 4.15. The molecule has 0 bridgehead atoms. The second kappa shape index (κ2) is 7.86. The Labute approximate surface area is 138 Å². The van der Waals surface area contributed by atoms with E-state index in [1.54, 1.807) is 6.20 Å². The molecule has 2 heterocycles. The number of pyridine rings is 1. The smallest absolute Gasteiger partial charge is 0.119 e. The molecule has 3 rings (SSSR count). The number of rotatable bonds is 8. The molecule has 23 heavy (non-hydrogen) atoms. The van der Waals surface area contributed by atoms with Gasteiger partial charge >= 0.3 is 0 Å². The standard InChI is InChI=1S/C19H25N3O/c1-2-3-11-23-17-6-7-19-18(12-17)15(13-22-19)8-10-21-16-5-4-9-20-14-16/h4-7,9,12,14-15,21-22H,2-3,8,10-11,13H2,1H3. The van der Waals surface area contributed by atoms with E-state index in [2.05, 4.69) is 40.7 Å². The minimum atomic E-state index is 0.531. The van der Waals surface area contributed by atoms with E-state index in [-0.39, 0.29) is 0 Å². The average Bonchev–Trinajstić information content (AvgIpc) is 2.99. The Kier molecular flexibility index (Phi) is 5.35. The highest BCUT2D eigenvalue weighted by Crippen LogP contribution is 2.36. The van der Waals surface area contributed by atoms with Gasteiger partial charge in [0.2, 0.25) is 0 Å². The molecule has 2 N–H and O–H groups in total. The van der Waals surface area contributed by atoms with Gasteiger partial charge in [-0.05, 0) is 48.7 Å². The van der Waals surface area contributed by atoms with Gasteiger partial charge in [-0.2, -0.15) is 0 Å². The molecule has 0 amide bonds. The second-order valence-corrected chi connectivity index (χ2v) is 5.99. The minimum Gasteiger partial charge on any atom is -0.494 e. The summed E-state index contributed by atoms with van der Waals surface area (Å²) in [4.78, 5) is 4.13.